The Morgan fingerprint density at radius 3 is 2.65 bits per heavy atom. The lowest BCUT2D eigenvalue weighted by molar-refractivity contribution is 0.600. The van der Waals surface area contributed by atoms with Crippen molar-refractivity contribution < 1.29 is 0 Å². The minimum atomic E-state index is 0.224. The average molecular weight is 229 g/mol. The van der Waals surface area contributed by atoms with Gasteiger partial charge in [-0.1, -0.05) is 37.3 Å². The molecule has 2 aromatic rings. The molecule has 17 heavy (non-hydrogen) atoms. The zero-order chi connectivity index (χ0) is 12.1. The van der Waals surface area contributed by atoms with E-state index < -0.39 is 0 Å². The fraction of sp³-hybridized carbons (Fsp3) is 0.357. The number of nitrogens with one attached hydrogen (secondary N) is 1. The maximum absolute atomic E-state index is 4.38. The highest BCUT2D eigenvalue weighted by atomic mass is 15.3. The topological polar surface area (TPSA) is 29.9 Å². The van der Waals surface area contributed by atoms with Gasteiger partial charge >= 0.3 is 0 Å². The van der Waals surface area contributed by atoms with Crippen molar-refractivity contribution >= 4 is 0 Å². The van der Waals surface area contributed by atoms with Crippen LogP contribution in [-0.2, 0) is 6.54 Å². The van der Waals surface area contributed by atoms with Crippen molar-refractivity contribution in [1.82, 2.24) is 15.1 Å². The van der Waals surface area contributed by atoms with Gasteiger partial charge in [0.1, 0.15) is 0 Å². The zero-order valence-electron chi connectivity index (χ0n) is 10.4. The first-order valence-electron chi connectivity index (χ1n) is 6.09. The van der Waals surface area contributed by atoms with Crippen molar-refractivity contribution in [2.45, 2.75) is 25.9 Å². The smallest absolute Gasteiger partial charge is 0.0605 e. The minimum absolute atomic E-state index is 0.224. The Labute approximate surface area is 102 Å². The summed E-state index contributed by atoms with van der Waals surface area (Å²) in [5.74, 6) is 0. The Balaban J connectivity index is 2.23. The maximum atomic E-state index is 4.38. The Morgan fingerprint density at radius 1 is 1.24 bits per heavy atom. The quantitative estimate of drug-likeness (QED) is 0.854. The lowest BCUT2D eigenvalue weighted by Gasteiger charge is -2.14. The Kier molecular flexibility index (Phi) is 3.94. The largest absolute Gasteiger partial charge is 0.309 e. The predicted molar refractivity (Wildman–Crippen MR) is 69.9 cm³/mol. The van der Waals surface area contributed by atoms with Gasteiger partial charge in [-0.05, 0) is 19.0 Å². The lowest BCUT2D eigenvalue weighted by atomic mass is 10.0. The second-order valence-electron chi connectivity index (χ2n) is 4.17. The highest BCUT2D eigenvalue weighted by Gasteiger charge is 2.13. The molecule has 1 N–H and O–H groups in total. The fourth-order valence-corrected chi connectivity index (χ4v) is 2.05. The van der Waals surface area contributed by atoms with Gasteiger partial charge in [0.15, 0.2) is 0 Å². The molecule has 3 heteroatoms. The first-order chi connectivity index (χ1) is 8.35. The van der Waals surface area contributed by atoms with Crippen molar-refractivity contribution in [3.05, 3.63) is 53.9 Å². The third-order valence-electron chi connectivity index (χ3n) is 2.86. The number of hydrogen-bond donors (Lipinski definition) is 1. The molecule has 0 radical (unpaired) electrons. The van der Waals surface area contributed by atoms with E-state index in [1.54, 1.807) is 0 Å². The molecular weight excluding hydrogens is 210 g/mol. The molecule has 0 aliphatic heterocycles. The van der Waals surface area contributed by atoms with Gasteiger partial charge in [0.25, 0.3) is 0 Å². The van der Waals surface area contributed by atoms with Crippen LogP contribution >= 0.6 is 0 Å². The molecule has 2 rings (SSSR count). The lowest BCUT2D eigenvalue weighted by Crippen LogP contribution is -2.16. The van der Waals surface area contributed by atoms with Gasteiger partial charge in [-0.25, -0.2) is 0 Å². The number of nitrogens with zero attached hydrogens (tertiary/aromatic N) is 2. The third kappa shape index (κ3) is 2.74. The number of rotatable bonds is 5. The normalized spacial score (nSPS) is 12.6. The second kappa shape index (κ2) is 5.64. The molecule has 1 heterocycles. The molecule has 1 atom stereocenters. The van der Waals surface area contributed by atoms with E-state index >= 15 is 0 Å². The van der Waals surface area contributed by atoms with Crippen LogP contribution in [0.2, 0.25) is 0 Å². The second-order valence-corrected chi connectivity index (χ2v) is 4.17. The van der Waals surface area contributed by atoms with Gasteiger partial charge in [-0.2, -0.15) is 5.10 Å². The Hall–Kier alpha value is -1.61. The van der Waals surface area contributed by atoms with Crippen LogP contribution in [0.4, 0.5) is 0 Å². The van der Waals surface area contributed by atoms with Crippen LogP contribution in [0, 0.1) is 0 Å². The molecule has 1 unspecified atom stereocenters. The number of aryl methyl sites for hydroxylation is 1. The molecule has 0 aliphatic carbocycles. The first-order valence-corrected chi connectivity index (χ1v) is 6.09. The molecule has 1 aromatic carbocycles. The summed E-state index contributed by atoms with van der Waals surface area (Å²) in [6, 6.07) is 10.7. The van der Waals surface area contributed by atoms with Crippen LogP contribution < -0.4 is 5.32 Å². The van der Waals surface area contributed by atoms with E-state index in [2.05, 4.69) is 47.8 Å². The van der Waals surface area contributed by atoms with Crippen LogP contribution in [0.3, 0.4) is 0 Å². The van der Waals surface area contributed by atoms with Crippen molar-refractivity contribution in [3.63, 3.8) is 0 Å². The van der Waals surface area contributed by atoms with Crippen LogP contribution in [-0.4, -0.2) is 16.8 Å². The van der Waals surface area contributed by atoms with Crippen molar-refractivity contribution in [3.8, 4) is 0 Å². The summed E-state index contributed by atoms with van der Waals surface area (Å²) in [7, 11) is 1.98. The maximum Gasteiger partial charge on any atom is 0.0605 e. The third-order valence-corrected chi connectivity index (χ3v) is 2.86. The molecule has 0 spiro atoms. The number of aromatic nitrogens is 2. The van der Waals surface area contributed by atoms with E-state index in [9.17, 15) is 0 Å². The van der Waals surface area contributed by atoms with Gasteiger partial charge in [0.05, 0.1) is 12.2 Å². The zero-order valence-corrected chi connectivity index (χ0v) is 10.4. The summed E-state index contributed by atoms with van der Waals surface area (Å²) in [6.07, 6.45) is 5.18. The molecule has 0 fully saturated rings. The van der Waals surface area contributed by atoms with Crippen molar-refractivity contribution in [2.75, 3.05) is 7.05 Å². The summed E-state index contributed by atoms with van der Waals surface area (Å²) < 4.78 is 2.00. The minimum Gasteiger partial charge on any atom is -0.309 e. The van der Waals surface area contributed by atoms with Gasteiger partial charge in [-0.3, -0.25) is 4.68 Å². The van der Waals surface area contributed by atoms with Gasteiger partial charge in [0.2, 0.25) is 0 Å². The monoisotopic (exact) mass is 229 g/mol. The van der Waals surface area contributed by atoms with E-state index in [-0.39, 0.29) is 6.04 Å². The van der Waals surface area contributed by atoms with E-state index in [0.717, 1.165) is 13.0 Å². The standard InChI is InChI=1S/C14H19N3/c1-3-9-17-11-13(10-16-17)14(15-2)12-7-5-4-6-8-12/h4-8,10-11,14-15H,3,9H2,1-2H3. The van der Waals surface area contributed by atoms with Gasteiger partial charge in [0, 0.05) is 18.3 Å². The molecule has 90 valence electrons. The molecule has 0 bridgehead atoms. The van der Waals surface area contributed by atoms with Crippen molar-refractivity contribution in [1.29, 1.82) is 0 Å². The average Bonchev–Trinajstić information content (AvgIpc) is 2.81. The van der Waals surface area contributed by atoms with Crippen LogP contribution in [0.5, 0.6) is 0 Å². The molecule has 1 aromatic heterocycles. The summed E-state index contributed by atoms with van der Waals surface area (Å²) in [4.78, 5) is 0. The molecule has 0 amide bonds. The summed E-state index contributed by atoms with van der Waals surface area (Å²) in [5, 5.41) is 7.71. The molecule has 0 saturated carbocycles. The molecular formula is C14H19N3. The van der Waals surface area contributed by atoms with Crippen molar-refractivity contribution in [2.24, 2.45) is 0 Å². The highest BCUT2D eigenvalue weighted by Crippen LogP contribution is 2.20. The number of hydrogen-bond acceptors (Lipinski definition) is 2. The number of benzene rings is 1. The molecule has 0 aliphatic rings. The summed E-state index contributed by atoms with van der Waals surface area (Å²) >= 11 is 0. The van der Waals surface area contributed by atoms with E-state index in [1.807, 2.05) is 24.0 Å². The van der Waals surface area contributed by atoms with E-state index in [0.29, 0.717) is 0 Å². The van der Waals surface area contributed by atoms with Crippen LogP contribution in [0.1, 0.15) is 30.5 Å². The first kappa shape index (κ1) is 11.9. The van der Waals surface area contributed by atoms with Gasteiger partial charge in [-0.15, -0.1) is 0 Å². The Bertz CT molecular complexity index is 448. The fourth-order valence-electron chi connectivity index (χ4n) is 2.05. The van der Waals surface area contributed by atoms with Crippen LogP contribution in [0.15, 0.2) is 42.7 Å². The predicted octanol–water partition coefficient (Wildman–Crippen LogP) is 2.60. The van der Waals surface area contributed by atoms with E-state index in [4.69, 9.17) is 0 Å². The SMILES string of the molecule is CCCn1cc(C(NC)c2ccccc2)cn1. The molecule has 3 nitrogen and oxygen atoms in total. The summed E-state index contributed by atoms with van der Waals surface area (Å²) in [6.45, 7) is 3.14. The van der Waals surface area contributed by atoms with Crippen LogP contribution in [0.25, 0.3) is 0 Å². The Morgan fingerprint density at radius 2 is 2.00 bits per heavy atom. The van der Waals surface area contributed by atoms with E-state index in [1.165, 1.54) is 11.1 Å². The van der Waals surface area contributed by atoms with Gasteiger partial charge < -0.3 is 5.32 Å². The highest BCUT2D eigenvalue weighted by molar-refractivity contribution is 5.28. The summed E-state index contributed by atoms with van der Waals surface area (Å²) in [5.41, 5.74) is 2.48. The molecule has 0 saturated heterocycles.